The molecule has 0 radical (unpaired) electrons. The van der Waals surface area contributed by atoms with Gasteiger partial charge in [0.15, 0.2) is 6.29 Å². The van der Waals surface area contributed by atoms with Gasteiger partial charge in [0.05, 0.1) is 4.88 Å². The second kappa shape index (κ2) is 3.87. The first-order valence-electron chi connectivity index (χ1n) is 5.54. The molecule has 0 fully saturated rings. The molecule has 0 amide bonds. The Morgan fingerprint density at radius 2 is 1.94 bits per heavy atom. The monoisotopic (exact) mass is 228 g/mol. The molecule has 0 atom stereocenters. The van der Waals surface area contributed by atoms with Crippen LogP contribution < -0.4 is 0 Å². The normalized spacial score (nSPS) is 13.8. The minimum absolute atomic E-state index is 0.801. The lowest BCUT2D eigenvalue weighted by Crippen LogP contribution is -1.82. The van der Waals surface area contributed by atoms with E-state index in [0.29, 0.717) is 0 Å². The number of carbonyl (C=O) groups is 1. The van der Waals surface area contributed by atoms with Gasteiger partial charge in [-0.25, -0.2) is 0 Å². The topological polar surface area (TPSA) is 17.1 Å². The van der Waals surface area contributed by atoms with Crippen molar-refractivity contribution in [2.75, 3.05) is 0 Å². The molecule has 1 nitrogen and oxygen atoms in total. The highest BCUT2D eigenvalue weighted by Gasteiger charge is 2.12. The maximum Gasteiger partial charge on any atom is 0.160 e. The predicted molar refractivity (Wildman–Crippen MR) is 67.2 cm³/mol. The Kier molecular flexibility index (Phi) is 2.37. The number of aldehydes is 1. The average molecular weight is 228 g/mol. The van der Waals surface area contributed by atoms with Crippen LogP contribution in [0, 0.1) is 0 Å². The predicted octanol–water partition coefficient (Wildman–Crippen LogP) is 3.72. The molecular weight excluding hydrogens is 216 g/mol. The number of rotatable bonds is 2. The van der Waals surface area contributed by atoms with E-state index in [2.05, 4.69) is 18.2 Å². The van der Waals surface area contributed by atoms with Crippen LogP contribution in [0.5, 0.6) is 0 Å². The van der Waals surface area contributed by atoms with Crippen LogP contribution in [0.3, 0.4) is 0 Å². The van der Waals surface area contributed by atoms with Gasteiger partial charge in [0, 0.05) is 4.88 Å². The largest absolute Gasteiger partial charge is 0.297 e. The third-order valence-electron chi connectivity index (χ3n) is 3.13. The van der Waals surface area contributed by atoms with Crippen molar-refractivity contribution in [3.63, 3.8) is 0 Å². The Hall–Kier alpha value is -1.41. The highest BCUT2D eigenvalue weighted by Crippen LogP contribution is 2.31. The van der Waals surface area contributed by atoms with Crippen molar-refractivity contribution >= 4 is 17.6 Å². The van der Waals surface area contributed by atoms with E-state index in [4.69, 9.17) is 0 Å². The molecule has 0 aliphatic heterocycles. The summed E-state index contributed by atoms with van der Waals surface area (Å²) in [6.45, 7) is 0. The van der Waals surface area contributed by atoms with Crippen LogP contribution in [-0.2, 0) is 12.8 Å². The zero-order valence-electron chi connectivity index (χ0n) is 8.90. The summed E-state index contributed by atoms with van der Waals surface area (Å²) in [5, 5.41) is 0. The lowest BCUT2D eigenvalue weighted by atomic mass is 10.1. The SMILES string of the molecule is O=Cc1ccc(-c2ccc3c(c2)CCC3)s1. The van der Waals surface area contributed by atoms with E-state index in [1.54, 1.807) is 11.3 Å². The highest BCUT2D eigenvalue weighted by molar-refractivity contribution is 7.17. The Morgan fingerprint density at radius 1 is 1.06 bits per heavy atom. The van der Waals surface area contributed by atoms with Crippen molar-refractivity contribution in [3.8, 4) is 10.4 Å². The fraction of sp³-hybridized carbons (Fsp3) is 0.214. The Balaban J connectivity index is 2.03. The van der Waals surface area contributed by atoms with E-state index in [9.17, 15) is 4.79 Å². The Bertz CT molecular complexity index is 539. The molecule has 1 aliphatic carbocycles. The second-order valence-electron chi connectivity index (χ2n) is 4.16. The first-order valence-corrected chi connectivity index (χ1v) is 6.35. The van der Waals surface area contributed by atoms with Gasteiger partial charge in [-0.1, -0.05) is 18.2 Å². The number of hydrogen-bond acceptors (Lipinski definition) is 2. The third-order valence-corrected chi connectivity index (χ3v) is 4.19. The van der Waals surface area contributed by atoms with Gasteiger partial charge in [-0.15, -0.1) is 11.3 Å². The summed E-state index contributed by atoms with van der Waals surface area (Å²) in [6, 6.07) is 10.6. The number of fused-ring (bicyclic) bond motifs is 1. The van der Waals surface area contributed by atoms with Crippen molar-refractivity contribution in [1.82, 2.24) is 0 Å². The minimum atomic E-state index is 0.801. The van der Waals surface area contributed by atoms with Crippen LogP contribution in [0.25, 0.3) is 10.4 Å². The summed E-state index contributed by atoms with van der Waals surface area (Å²) < 4.78 is 0. The van der Waals surface area contributed by atoms with Crippen LogP contribution in [0.2, 0.25) is 0 Å². The summed E-state index contributed by atoms with van der Waals surface area (Å²) in [4.78, 5) is 12.6. The number of carbonyl (C=O) groups excluding carboxylic acids is 1. The van der Waals surface area contributed by atoms with E-state index >= 15 is 0 Å². The molecule has 1 aliphatic rings. The van der Waals surface area contributed by atoms with Crippen molar-refractivity contribution in [2.24, 2.45) is 0 Å². The van der Waals surface area contributed by atoms with Crippen molar-refractivity contribution < 1.29 is 4.79 Å². The van der Waals surface area contributed by atoms with Gasteiger partial charge in [0.1, 0.15) is 0 Å². The van der Waals surface area contributed by atoms with Crippen LogP contribution in [0.15, 0.2) is 30.3 Å². The van der Waals surface area contributed by atoms with Crippen LogP contribution in [-0.4, -0.2) is 6.29 Å². The molecule has 0 saturated carbocycles. The molecule has 0 unspecified atom stereocenters. The van der Waals surface area contributed by atoms with Gasteiger partial charge in [0.25, 0.3) is 0 Å². The zero-order chi connectivity index (χ0) is 11.0. The molecule has 2 heteroatoms. The van der Waals surface area contributed by atoms with Gasteiger partial charge in [-0.3, -0.25) is 4.79 Å². The molecule has 0 spiro atoms. The summed E-state index contributed by atoms with van der Waals surface area (Å²) in [5.74, 6) is 0. The van der Waals surface area contributed by atoms with Gasteiger partial charge in [-0.2, -0.15) is 0 Å². The maximum absolute atomic E-state index is 10.6. The number of thiophene rings is 1. The van der Waals surface area contributed by atoms with Gasteiger partial charge < -0.3 is 0 Å². The van der Waals surface area contributed by atoms with E-state index < -0.39 is 0 Å². The smallest absolute Gasteiger partial charge is 0.160 e. The minimum Gasteiger partial charge on any atom is -0.297 e. The number of aryl methyl sites for hydroxylation is 2. The number of benzene rings is 1. The summed E-state index contributed by atoms with van der Waals surface area (Å²) in [6.07, 6.45) is 4.62. The van der Waals surface area contributed by atoms with Crippen LogP contribution in [0.4, 0.5) is 0 Å². The fourth-order valence-corrected chi connectivity index (χ4v) is 3.12. The standard InChI is InChI=1S/C14H12OS/c15-9-13-6-7-14(16-13)12-5-4-10-2-1-3-11(10)8-12/h4-9H,1-3H2. The summed E-state index contributed by atoms with van der Waals surface area (Å²) >= 11 is 1.56. The lowest BCUT2D eigenvalue weighted by molar-refractivity contribution is 0.112. The average Bonchev–Trinajstić information content (AvgIpc) is 2.96. The first-order chi connectivity index (χ1) is 7.86. The molecule has 2 aromatic rings. The highest BCUT2D eigenvalue weighted by atomic mass is 32.1. The van der Waals surface area contributed by atoms with Gasteiger partial charge in [0.2, 0.25) is 0 Å². The lowest BCUT2D eigenvalue weighted by Gasteiger charge is -2.02. The quantitative estimate of drug-likeness (QED) is 0.716. The van der Waals surface area contributed by atoms with Gasteiger partial charge in [-0.05, 0) is 48.1 Å². The maximum atomic E-state index is 10.6. The zero-order valence-corrected chi connectivity index (χ0v) is 9.72. The van der Waals surface area contributed by atoms with Gasteiger partial charge >= 0.3 is 0 Å². The molecule has 3 rings (SSSR count). The molecule has 1 aromatic carbocycles. The summed E-state index contributed by atoms with van der Waals surface area (Å²) in [5.41, 5.74) is 4.23. The molecule has 0 N–H and O–H groups in total. The number of hydrogen-bond donors (Lipinski definition) is 0. The van der Waals surface area contributed by atoms with Crippen molar-refractivity contribution in [1.29, 1.82) is 0 Å². The second-order valence-corrected chi connectivity index (χ2v) is 5.27. The van der Waals surface area contributed by atoms with Crippen molar-refractivity contribution in [2.45, 2.75) is 19.3 Å². The van der Waals surface area contributed by atoms with E-state index in [1.807, 2.05) is 12.1 Å². The molecule has 1 aromatic heterocycles. The van der Waals surface area contributed by atoms with E-state index in [0.717, 1.165) is 11.2 Å². The first kappa shape index (κ1) is 9.79. The molecule has 0 bridgehead atoms. The summed E-state index contributed by atoms with van der Waals surface area (Å²) in [7, 11) is 0. The van der Waals surface area contributed by atoms with Crippen molar-refractivity contribution in [3.05, 3.63) is 46.3 Å². The molecule has 1 heterocycles. The van der Waals surface area contributed by atoms with E-state index in [-0.39, 0.29) is 0 Å². The molecule has 0 saturated heterocycles. The fourth-order valence-electron chi connectivity index (χ4n) is 2.30. The van der Waals surface area contributed by atoms with Crippen LogP contribution >= 0.6 is 11.3 Å². The third kappa shape index (κ3) is 1.59. The van der Waals surface area contributed by atoms with Crippen LogP contribution in [0.1, 0.15) is 27.2 Å². The Morgan fingerprint density at radius 3 is 2.75 bits per heavy atom. The van der Waals surface area contributed by atoms with E-state index in [1.165, 1.54) is 40.8 Å². The molecule has 16 heavy (non-hydrogen) atoms. The molecular formula is C14H12OS. The Labute approximate surface area is 98.7 Å². The molecule has 80 valence electrons.